The number of para-hydroxylation sites is 1. The van der Waals surface area contributed by atoms with E-state index in [1.807, 2.05) is 0 Å². The van der Waals surface area contributed by atoms with Crippen LogP contribution in [0.5, 0.6) is 5.75 Å². The summed E-state index contributed by atoms with van der Waals surface area (Å²) >= 11 is 5.71. The zero-order valence-electron chi connectivity index (χ0n) is 10.5. The second-order valence-corrected chi connectivity index (χ2v) is 4.50. The van der Waals surface area contributed by atoms with Crippen LogP contribution in [0, 0.1) is 0 Å². The van der Waals surface area contributed by atoms with Gasteiger partial charge >= 0.3 is 12.5 Å². The third kappa shape index (κ3) is 3.82. The van der Waals surface area contributed by atoms with Crippen LogP contribution in [0.2, 0.25) is 5.02 Å². The van der Waals surface area contributed by atoms with Crippen LogP contribution in [0.3, 0.4) is 0 Å². The van der Waals surface area contributed by atoms with Crippen LogP contribution in [0.4, 0.5) is 26.3 Å². The number of hydrogen-bond donors (Lipinski definition) is 0. The van der Waals surface area contributed by atoms with Crippen molar-refractivity contribution in [3.8, 4) is 17.0 Å². The van der Waals surface area contributed by atoms with Crippen LogP contribution in [-0.4, -0.2) is 11.3 Å². The van der Waals surface area contributed by atoms with Gasteiger partial charge in [-0.2, -0.15) is 13.2 Å². The van der Waals surface area contributed by atoms with Crippen molar-refractivity contribution < 1.29 is 31.1 Å². The number of nitrogens with zero attached hydrogens (tertiary/aromatic N) is 1. The van der Waals surface area contributed by atoms with Crippen molar-refractivity contribution in [2.75, 3.05) is 0 Å². The molecule has 0 unspecified atom stereocenters. The first-order valence-electron chi connectivity index (χ1n) is 5.66. The van der Waals surface area contributed by atoms with E-state index in [-0.39, 0.29) is 11.3 Å². The summed E-state index contributed by atoms with van der Waals surface area (Å²) in [4.78, 5) is 3.51. The molecule has 0 aliphatic rings. The Morgan fingerprint density at radius 1 is 1.00 bits per heavy atom. The number of hydrogen-bond acceptors (Lipinski definition) is 2. The summed E-state index contributed by atoms with van der Waals surface area (Å²) in [7, 11) is 0. The van der Waals surface area contributed by atoms with E-state index in [4.69, 9.17) is 11.6 Å². The average molecular weight is 342 g/mol. The standard InChI is InChI=1S/C13H6ClF6NO/c14-9-5-7(12(15,16)17)6-21-11(9)8-3-1-2-4-10(8)22-13(18,19)20/h1-6H. The molecule has 2 aromatic rings. The highest BCUT2D eigenvalue weighted by atomic mass is 35.5. The number of benzene rings is 1. The van der Waals surface area contributed by atoms with Gasteiger partial charge in [-0.1, -0.05) is 23.7 Å². The summed E-state index contributed by atoms with van der Waals surface area (Å²) in [6.07, 6.45) is -9.11. The van der Waals surface area contributed by atoms with Gasteiger partial charge < -0.3 is 4.74 Å². The Kier molecular flexibility index (Phi) is 4.23. The molecular weight excluding hydrogens is 336 g/mol. The first-order chi connectivity index (χ1) is 10.1. The van der Waals surface area contributed by atoms with Gasteiger partial charge in [0.15, 0.2) is 0 Å². The van der Waals surface area contributed by atoms with Gasteiger partial charge in [0, 0.05) is 11.8 Å². The van der Waals surface area contributed by atoms with Crippen LogP contribution in [0.25, 0.3) is 11.3 Å². The van der Waals surface area contributed by atoms with Crippen LogP contribution in [0.15, 0.2) is 36.5 Å². The zero-order chi connectivity index (χ0) is 16.5. The van der Waals surface area contributed by atoms with Crippen molar-refractivity contribution >= 4 is 11.6 Å². The predicted molar refractivity (Wildman–Crippen MR) is 66.4 cm³/mol. The maximum absolute atomic E-state index is 12.5. The van der Waals surface area contributed by atoms with E-state index >= 15 is 0 Å². The van der Waals surface area contributed by atoms with Gasteiger partial charge in [-0.15, -0.1) is 13.2 Å². The van der Waals surface area contributed by atoms with Crippen molar-refractivity contribution in [3.05, 3.63) is 47.1 Å². The minimum absolute atomic E-state index is 0.168. The average Bonchev–Trinajstić information content (AvgIpc) is 2.37. The number of ether oxygens (including phenoxy) is 1. The Hall–Kier alpha value is -1.96. The van der Waals surface area contributed by atoms with Crippen LogP contribution in [0.1, 0.15) is 5.56 Å². The first-order valence-corrected chi connectivity index (χ1v) is 6.03. The molecule has 0 aliphatic heterocycles. The largest absolute Gasteiger partial charge is 0.573 e. The third-order valence-corrected chi connectivity index (χ3v) is 2.82. The molecule has 1 aromatic heterocycles. The molecule has 1 aromatic carbocycles. The third-order valence-electron chi connectivity index (χ3n) is 2.54. The molecule has 2 rings (SSSR count). The van der Waals surface area contributed by atoms with E-state index in [0.717, 1.165) is 6.07 Å². The molecule has 1 heterocycles. The number of alkyl halides is 6. The fraction of sp³-hybridized carbons (Fsp3) is 0.154. The number of aromatic nitrogens is 1. The first kappa shape index (κ1) is 16.4. The minimum Gasteiger partial charge on any atom is -0.405 e. The van der Waals surface area contributed by atoms with Gasteiger partial charge in [-0.3, -0.25) is 4.98 Å². The fourth-order valence-electron chi connectivity index (χ4n) is 1.67. The Balaban J connectivity index is 2.49. The molecule has 0 amide bonds. The van der Waals surface area contributed by atoms with E-state index in [2.05, 4.69) is 9.72 Å². The monoisotopic (exact) mass is 341 g/mol. The van der Waals surface area contributed by atoms with Crippen LogP contribution >= 0.6 is 11.6 Å². The lowest BCUT2D eigenvalue weighted by atomic mass is 10.1. The molecule has 0 saturated carbocycles. The molecular formula is C13H6ClF6NO. The smallest absolute Gasteiger partial charge is 0.405 e. The van der Waals surface area contributed by atoms with Gasteiger partial charge in [0.05, 0.1) is 16.3 Å². The highest BCUT2D eigenvalue weighted by molar-refractivity contribution is 6.33. The van der Waals surface area contributed by atoms with Crippen molar-refractivity contribution in [3.63, 3.8) is 0 Å². The summed E-state index contributed by atoms with van der Waals surface area (Å²) in [6.45, 7) is 0. The van der Waals surface area contributed by atoms with E-state index in [9.17, 15) is 26.3 Å². The van der Waals surface area contributed by atoms with Crippen molar-refractivity contribution in [2.24, 2.45) is 0 Å². The summed E-state index contributed by atoms with van der Waals surface area (Å²) in [6, 6.07) is 5.48. The molecule has 118 valence electrons. The molecule has 0 aliphatic carbocycles. The number of halogens is 7. The highest BCUT2D eigenvalue weighted by Crippen LogP contribution is 2.38. The van der Waals surface area contributed by atoms with Crippen molar-refractivity contribution in [2.45, 2.75) is 12.5 Å². The summed E-state index contributed by atoms with van der Waals surface area (Å²) in [5, 5.41) is -0.437. The molecule has 0 bridgehead atoms. The summed E-state index contributed by atoms with van der Waals surface area (Å²) < 4.78 is 78.4. The number of pyridine rings is 1. The predicted octanol–water partition coefficient (Wildman–Crippen LogP) is 5.32. The van der Waals surface area contributed by atoms with E-state index in [1.165, 1.54) is 18.2 Å². The van der Waals surface area contributed by atoms with Crippen LogP contribution in [-0.2, 0) is 6.18 Å². The lowest BCUT2D eigenvalue weighted by Gasteiger charge is -2.14. The second-order valence-electron chi connectivity index (χ2n) is 4.10. The second kappa shape index (κ2) is 5.68. The molecule has 0 atom stereocenters. The SMILES string of the molecule is FC(F)(F)Oc1ccccc1-c1ncc(C(F)(F)F)cc1Cl. The van der Waals surface area contributed by atoms with Gasteiger partial charge in [-0.25, -0.2) is 0 Å². The maximum atomic E-state index is 12.5. The van der Waals surface area contributed by atoms with Crippen molar-refractivity contribution in [1.82, 2.24) is 4.98 Å². The van der Waals surface area contributed by atoms with E-state index in [1.54, 1.807) is 0 Å². The van der Waals surface area contributed by atoms with E-state index < -0.39 is 28.9 Å². The lowest BCUT2D eigenvalue weighted by Crippen LogP contribution is -2.17. The van der Waals surface area contributed by atoms with Gasteiger partial charge in [0.1, 0.15) is 5.75 Å². The van der Waals surface area contributed by atoms with E-state index in [0.29, 0.717) is 12.3 Å². The summed E-state index contributed by atoms with van der Waals surface area (Å²) in [5.41, 5.74) is -1.51. The molecule has 0 spiro atoms. The molecule has 2 nitrogen and oxygen atoms in total. The molecule has 22 heavy (non-hydrogen) atoms. The Morgan fingerprint density at radius 2 is 1.64 bits per heavy atom. The Labute approximate surface area is 125 Å². The quantitative estimate of drug-likeness (QED) is 0.690. The van der Waals surface area contributed by atoms with Gasteiger partial charge in [0.2, 0.25) is 0 Å². The molecule has 0 saturated heterocycles. The van der Waals surface area contributed by atoms with Gasteiger partial charge in [0.25, 0.3) is 0 Å². The molecule has 0 N–H and O–H groups in total. The topological polar surface area (TPSA) is 22.1 Å². The zero-order valence-corrected chi connectivity index (χ0v) is 11.2. The normalized spacial score (nSPS) is 12.3. The molecule has 9 heteroatoms. The van der Waals surface area contributed by atoms with Crippen LogP contribution < -0.4 is 4.74 Å². The van der Waals surface area contributed by atoms with Crippen molar-refractivity contribution in [1.29, 1.82) is 0 Å². The highest BCUT2D eigenvalue weighted by Gasteiger charge is 2.34. The van der Waals surface area contributed by atoms with Gasteiger partial charge in [-0.05, 0) is 18.2 Å². The maximum Gasteiger partial charge on any atom is 0.573 e. The summed E-state index contributed by atoms with van der Waals surface area (Å²) in [5.74, 6) is -0.607. The fourth-order valence-corrected chi connectivity index (χ4v) is 1.94. The molecule has 0 fully saturated rings. The Morgan fingerprint density at radius 3 is 2.18 bits per heavy atom. The molecule has 0 radical (unpaired) electrons. The number of rotatable bonds is 2. The Bertz CT molecular complexity index is 683. The lowest BCUT2D eigenvalue weighted by molar-refractivity contribution is -0.274. The minimum atomic E-state index is -4.95.